The van der Waals surface area contributed by atoms with E-state index in [1.165, 1.54) is 11.1 Å². The van der Waals surface area contributed by atoms with Crippen LogP contribution in [0.2, 0.25) is 0 Å². The Balaban J connectivity index is 1.52. The van der Waals surface area contributed by atoms with Crippen molar-refractivity contribution in [3.8, 4) is 16.3 Å². The van der Waals surface area contributed by atoms with Crippen molar-refractivity contribution >= 4 is 27.2 Å². The number of fused-ring (bicyclic) bond motifs is 1. The molecule has 2 N–H and O–H groups in total. The highest BCUT2D eigenvalue weighted by atomic mass is 32.1. The van der Waals surface area contributed by atoms with Crippen LogP contribution in [-0.4, -0.2) is 10.1 Å². The van der Waals surface area contributed by atoms with E-state index in [0.717, 1.165) is 38.6 Å². The van der Waals surface area contributed by atoms with Gasteiger partial charge in [0.1, 0.15) is 10.8 Å². The van der Waals surface area contributed by atoms with Gasteiger partial charge in [0.25, 0.3) is 0 Å². The first-order chi connectivity index (χ1) is 12.6. The van der Waals surface area contributed by atoms with Crippen LogP contribution in [-0.2, 0) is 6.54 Å². The van der Waals surface area contributed by atoms with Crippen LogP contribution in [0.15, 0.2) is 60.7 Å². The summed E-state index contributed by atoms with van der Waals surface area (Å²) in [5, 5.41) is 14.2. The van der Waals surface area contributed by atoms with E-state index in [1.807, 2.05) is 6.92 Å². The topological polar surface area (TPSA) is 45.2 Å². The molecule has 1 heterocycles. The summed E-state index contributed by atoms with van der Waals surface area (Å²) in [5.41, 5.74) is 6.68. The van der Waals surface area contributed by atoms with Crippen LogP contribution in [0.25, 0.3) is 20.8 Å². The fourth-order valence-electron chi connectivity index (χ4n) is 2.94. The highest BCUT2D eigenvalue weighted by molar-refractivity contribution is 7.21. The van der Waals surface area contributed by atoms with Gasteiger partial charge in [0.05, 0.1) is 10.2 Å². The van der Waals surface area contributed by atoms with E-state index in [2.05, 4.69) is 60.8 Å². The molecular weight excluding hydrogens is 340 g/mol. The number of nitrogens with zero attached hydrogens (tertiary/aromatic N) is 1. The lowest BCUT2D eigenvalue weighted by molar-refractivity contribution is 0.476. The van der Waals surface area contributed by atoms with E-state index in [4.69, 9.17) is 4.98 Å². The number of hydrogen-bond donors (Lipinski definition) is 2. The van der Waals surface area contributed by atoms with E-state index in [1.54, 1.807) is 23.5 Å². The first-order valence-electron chi connectivity index (χ1n) is 8.58. The maximum atomic E-state index is 9.77. The summed E-state index contributed by atoms with van der Waals surface area (Å²) in [6.07, 6.45) is 0. The lowest BCUT2D eigenvalue weighted by Gasteiger charge is -2.07. The van der Waals surface area contributed by atoms with Crippen molar-refractivity contribution in [2.24, 2.45) is 0 Å². The molecule has 0 bridgehead atoms. The van der Waals surface area contributed by atoms with Gasteiger partial charge < -0.3 is 10.4 Å². The second kappa shape index (κ2) is 6.81. The van der Waals surface area contributed by atoms with E-state index >= 15 is 0 Å². The van der Waals surface area contributed by atoms with Crippen LogP contribution in [0.5, 0.6) is 5.75 Å². The average molecular weight is 360 g/mol. The van der Waals surface area contributed by atoms with Crippen LogP contribution in [0, 0.1) is 13.8 Å². The van der Waals surface area contributed by atoms with Crippen LogP contribution < -0.4 is 5.32 Å². The van der Waals surface area contributed by atoms with E-state index in [9.17, 15) is 5.11 Å². The molecule has 4 heteroatoms. The van der Waals surface area contributed by atoms with Crippen molar-refractivity contribution < 1.29 is 5.11 Å². The highest BCUT2D eigenvalue weighted by Gasteiger charge is 2.09. The predicted octanol–water partition coefficient (Wildman–Crippen LogP) is 5.90. The molecule has 0 unspecified atom stereocenters. The number of phenols is 1. The smallest absolute Gasteiger partial charge is 0.124 e. The van der Waals surface area contributed by atoms with Gasteiger partial charge in [0, 0.05) is 17.8 Å². The van der Waals surface area contributed by atoms with Gasteiger partial charge >= 0.3 is 0 Å². The number of thiazole rings is 1. The number of rotatable bonds is 4. The zero-order valence-corrected chi connectivity index (χ0v) is 15.6. The van der Waals surface area contributed by atoms with Gasteiger partial charge in [-0.25, -0.2) is 4.98 Å². The molecule has 26 heavy (non-hydrogen) atoms. The quantitative estimate of drug-likeness (QED) is 0.476. The summed E-state index contributed by atoms with van der Waals surface area (Å²) in [6, 6.07) is 20.4. The number of aromatic hydroxyl groups is 1. The second-order valence-electron chi connectivity index (χ2n) is 6.54. The third kappa shape index (κ3) is 3.41. The lowest BCUT2D eigenvalue weighted by atomic mass is 10.1. The molecule has 3 aromatic carbocycles. The summed E-state index contributed by atoms with van der Waals surface area (Å²) in [4.78, 5) is 4.74. The highest BCUT2D eigenvalue weighted by Crippen LogP contribution is 2.34. The van der Waals surface area contributed by atoms with Crippen LogP contribution in [0.4, 0.5) is 5.69 Å². The molecule has 0 saturated carbocycles. The Kier molecular flexibility index (Phi) is 4.35. The molecule has 0 aliphatic heterocycles. The van der Waals surface area contributed by atoms with Crippen molar-refractivity contribution in [1.29, 1.82) is 0 Å². The largest absolute Gasteiger partial charge is 0.508 e. The molecule has 0 fully saturated rings. The van der Waals surface area contributed by atoms with Crippen molar-refractivity contribution in [2.45, 2.75) is 20.4 Å². The first-order valence-corrected chi connectivity index (χ1v) is 9.40. The Morgan fingerprint density at radius 1 is 0.962 bits per heavy atom. The van der Waals surface area contributed by atoms with Crippen molar-refractivity contribution in [2.75, 3.05) is 5.32 Å². The molecule has 0 amide bonds. The fourth-order valence-corrected chi connectivity index (χ4v) is 4.02. The van der Waals surface area contributed by atoms with Gasteiger partial charge in [-0.1, -0.05) is 29.8 Å². The molecule has 4 aromatic rings. The fraction of sp³-hybridized carbons (Fsp3) is 0.136. The molecular formula is C22H20N2OS. The number of hydrogen-bond acceptors (Lipinski definition) is 4. The molecule has 1 aromatic heterocycles. The van der Waals surface area contributed by atoms with E-state index in [0.29, 0.717) is 5.75 Å². The van der Waals surface area contributed by atoms with Crippen LogP contribution >= 0.6 is 11.3 Å². The van der Waals surface area contributed by atoms with Gasteiger partial charge in [0.2, 0.25) is 0 Å². The number of aromatic nitrogens is 1. The number of nitrogens with one attached hydrogen (secondary N) is 1. The second-order valence-corrected chi connectivity index (χ2v) is 7.58. The number of anilines is 1. The van der Waals surface area contributed by atoms with Crippen LogP contribution in [0.3, 0.4) is 0 Å². The molecule has 0 spiro atoms. The Bertz CT molecular complexity index is 1050. The Morgan fingerprint density at radius 2 is 1.69 bits per heavy atom. The van der Waals surface area contributed by atoms with Crippen molar-refractivity contribution in [3.63, 3.8) is 0 Å². The number of phenolic OH excluding ortho intramolecular Hbond substituents is 1. The minimum absolute atomic E-state index is 0.292. The summed E-state index contributed by atoms with van der Waals surface area (Å²) in [7, 11) is 0. The first kappa shape index (κ1) is 16.6. The SMILES string of the molecule is Cc1ccc(CNc2ccc(-c3nc4c(C)cc(O)cc4s3)cc2)cc1. The molecule has 4 rings (SSSR count). The maximum Gasteiger partial charge on any atom is 0.124 e. The summed E-state index contributed by atoms with van der Waals surface area (Å²) >= 11 is 1.60. The molecule has 0 saturated heterocycles. The molecule has 0 radical (unpaired) electrons. The van der Waals surface area contributed by atoms with Gasteiger partial charge in [0.15, 0.2) is 0 Å². The number of benzene rings is 3. The summed E-state index contributed by atoms with van der Waals surface area (Å²) in [6.45, 7) is 4.88. The van der Waals surface area contributed by atoms with Gasteiger partial charge in [-0.15, -0.1) is 11.3 Å². The van der Waals surface area contributed by atoms with E-state index < -0.39 is 0 Å². The molecule has 130 valence electrons. The lowest BCUT2D eigenvalue weighted by Crippen LogP contribution is -1.98. The van der Waals surface area contributed by atoms with E-state index in [-0.39, 0.29) is 0 Å². The third-order valence-electron chi connectivity index (χ3n) is 4.42. The van der Waals surface area contributed by atoms with Gasteiger partial charge in [-0.05, 0) is 61.4 Å². The zero-order valence-electron chi connectivity index (χ0n) is 14.8. The molecule has 0 aliphatic rings. The summed E-state index contributed by atoms with van der Waals surface area (Å²) < 4.78 is 1.01. The average Bonchev–Trinajstić information content (AvgIpc) is 3.06. The molecule has 3 nitrogen and oxygen atoms in total. The standard InChI is InChI=1S/C22H20N2OS/c1-14-3-5-16(6-4-14)13-23-18-9-7-17(8-10-18)22-24-21-15(2)11-19(25)12-20(21)26-22/h3-12,23,25H,13H2,1-2H3. The minimum atomic E-state index is 0.292. The Hall–Kier alpha value is -2.85. The predicted molar refractivity (Wildman–Crippen MR) is 110 cm³/mol. The number of aryl methyl sites for hydroxylation is 2. The van der Waals surface area contributed by atoms with Gasteiger partial charge in [-0.3, -0.25) is 0 Å². The Morgan fingerprint density at radius 3 is 2.42 bits per heavy atom. The molecule has 0 aliphatic carbocycles. The van der Waals surface area contributed by atoms with Crippen molar-refractivity contribution in [1.82, 2.24) is 4.98 Å². The minimum Gasteiger partial charge on any atom is -0.508 e. The summed E-state index contributed by atoms with van der Waals surface area (Å²) in [5.74, 6) is 0.292. The monoisotopic (exact) mass is 360 g/mol. The third-order valence-corrected chi connectivity index (χ3v) is 5.47. The normalized spacial score (nSPS) is 11.0. The van der Waals surface area contributed by atoms with Gasteiger partial charge in [-0.2, -0.15) is 0 Å². The maximum absolute atomic E-state index is 9.77. The van der Waals surface area contributed by atoms with Crippen molar-refractivity contribution in [3.05, 3.63) is 77.4 Å². The van der Waals surface area contributed by atoms with Crippen LogP contribution in [0.1, 0.15) is 16.7 Å². The molecule has 0 atom stereocenters. The zero-order chi connectivity index (χ0) is 18.1. The Labute approximate surface area is 157 Å².